The van der Waals surface area contributed by atoms with Gasteiger partial charge in [0.1, 0.15) is 0 Å². The number of ether oxygens (including phenoxy) is 2. The molecule has 1 aromatic rings. The molecule has 0 aromatic carbocycles. The van der Waals surface area contributed by atoms with Crippen molar-refractivity contribution in [1.29, 1.82) is 0 Å². The van der Waals surface area contributed by atoms with Crippen molar-refractivity contribution >= 4 is 16.0 Å². The highest BCUT2D eigenvalue weighted by atomic mass is 32.2. The summed E-state index contributed by atoms with van der Waals surface area (Å²) in [5.41, 5.74) is 0. The Kier molecular flexibility index (Phi) is 4.84. The van der Waals surface area contributed by atoms with Gasteiger partial charge in [-0.2, -0.15) is 9.97 Å². The Labute approximate surface area is 124 Å². The van der Waals surface area contributed by atoms with Crippen LogP contribution >= 0.6 is 0 Å². The zero-order valence-electron chi connectivity index (χ0n) is 12.3. The predicted molar refractivity (Wildman–Crippen MR) is 78.2 cm³/mol. The quantitative estimate of drug-likeness (QED) is 0.714. The lowest BCUT2D eigenvalue weighted by atomic mass is 10.4. The Hall–Kier alpha value is -1.61. The topological polar surface area (TPSA) is 102 Å². The van der Waals surface area contributed by atoms with Crippen LogP contribution in [0.5, 0.6) is 11.8 Å². The smallest absolute Gasteiger partial charge is 0.243 e. The average molecular weight is 316 g/mol. The van der Waals surface area contributed by atoms with Crippen LogP contribution in [0.3, 0.4) is 0 Å². The Bertz CT molecular complexity index is 567. The van der Waals surface area contributed by atoms with Crippen LogP contribution < -0.4 is 19.5 Å². The second kappa shape index (κ2) is 6.44. The minimum Gasteiger partial charge on any atom is -0.481 e. The normalized spacial score (nSPS) is 16.3. The van der Waals surface area contributed by atoms with Crippen LogP contribution in [0.2, 0.25) is 0 Å². The summed E-state index contributed by atoms with van der Waals surface area (Å²) in [6.45, 7) is 2.02. The van der Waals surface area contributed by atoms with Gasteiger partial charge in [0, 0.05) is 12.6 Å². The number of nitrogens with zero attached hydrogens (tertiary/aromatic N) is 2. The number of rotatable bonds is 8. The number of methoxy groups -OCH3 is 2. The van der Waals surface area contributed by atoms with Gasteiger partial charge in [0.15, 0.2) is 0 Å². The maximum absolute atomic E-state index is 12.2. The molecule has 9 heteroatoms. The molecular formula is C12H20N4O4S. The van der Waals surface area contributed by atoms with Crippen LogP contribution in [0.15, 0.2) is 6.07 Å². The zero-order chi connectivity index (χ0) is 15.5. The van der Waals surface area contributed by atoms with Gasteiger partial charge in [0.25, 0.3) is 0 Å². The Morgan fingerprint density at radius 3 is 2.33 bits per heavy atom. The maximum Gasteiger partial charge on any atom is 0.243 e. The fraction of sp³-hybridized carbons (Fsp3) is 0.667. The van der Waals surface area contributed by atoms with Gasteiger partial charge >= 0.3 is 0 Å². The second-order valence-electron chi connectivity index (χ2n) is 4.92. The number of hydrogen-bond donors (Lipinski definition) is 2. The van der Waals surface area contributed by atoms with Crippen molar-refractivity contribution in [2.45, 2.75) is 31.1 Å². The van der Waals surface area contributed by atoms with Crippen molar-refractivity contribution in [3.8, 4) is 11.8 Å². The molecule has 1 atom stereocenters. The molecule has 1 unspecified atom stereocenters. The highest BCUT2D eigenvalue weighted by Gasteiger charge is 2.26. The second-order valence-corrected chi connectivity index (χ2v) is 7.02. The number of aromatic nitrogens is 2. The number of hydrogen-bond acceptors (Lipinski definition) is 7. The van der Waals surface area contributed by atoms with Gasteiger partial charge < -0.3 is 14.8 Å². The third kappa shape index (κ3) is 4.43. The summed E-state index contributed by atoms with van der Waals surface area (Å²) in [6, 6.07) is 1.92. The fourth-order valence-electron chi connectivity index (χ4n) is 1.62. The van der Waals surface area contributed by atoms with Gasteiger partial charge in [0.2, 0.25) is 27.7 Å². The lowest BCUT2D eigenvalue weighted by Crippen LogP contribution is -2.36. The van der Waals surface area contributed by atoms with Crippen molar-refractivity contribution in [1.82, 2.24) is 15.3 Å². The van der Waals surface area contributed by atoms with E-state index >= 15 is 0 Å². The highest BCUT2D eigenvalue weighted by molar-refractivity contribution is 7.93. The maximum atomic E-state index is 12.2. The van der Waals surface area contributed by atoms with Gasteiger partial charge in [-0.3, -0.25) is 4.72 Å². The first-order chi connectivity index (χ1) is 9.94. The van der Waals surface area contributed by atoms with Crippen molar-refractivity contribution in [2.24, 2.45) is 0 Å². The minimum atomic E-state index is -3.58. The molecule has 0 bridgehead atoms. The molecule has 2 rings (SSSR count). The molecule has 0 aliphatic heterocycles. The minimum absolute atomic E-state index is 0.0653. The molecule has 1 heterocycles. The molecule has 2 N–H and O–H groups in total. The fourth-order valence-corrected chi connectivity index (χ4v) is 2.48. The first-order valence-corrected chi connectivity index (χ1v) is 8.21. The molecular weight excluding hydrogens is 296 g/mol. The van der Waals surface area contributed by atoms with E-state index in [1.807, 2.05) is 0 Å². The average Bonchev–Trinajstić information content (AvgIpc) is 3.27. The van der Waals surface area contributed by atoms with E-state index < -0.39 is 15.3 Å². The molecule has 1 saturated carbocycles. The highest BCUT2D eigenvalue weighted by Crippen LogP contribution is 2.20. The third-order valence-corrected chi connectivity index (χ3v) is 4.83. The summed E-state index contributed by atoms with van der Waals surface area (Å²) in [6.07, 6.45) is 2.22. The first kappa shape index (κ1) is 15.8. The lowest BCUT2D eigenvalue weighted by Gasteiger charge is -2.15. The van der Waals surface area contributed by atoms with Crippen LogP contribution in [0.1, 0.15) is 19.8 Å². The van der Waals surface area contributed by atoms with E-state index in [1.54, 1.807) is 6.92 Å². The summed E-state index contributed by atoms with van der Waals surface area (Å²) in [4.78, 5) is 7.90. The monoisotopic (exact) mass is 316 g/mol. The van der Waals surface area contributed by atoms with E-state index in [4.69, 9.17) is 9.47 Å². The molecule has 118 valence electrons. The number of nitrogens with one attached hydrogen (secondary N) is 2. The van der Waals surface area contributed by atoms with Crippen LogP contribution in [-0.2, 0) is 10.0 Å². The molecule has 8 nitrogen and oxygen atoms in total. The van der Waals surface area contributed by atoms with Crippen LogP contribution in [0.25, 0.3) is 0 Å². The molecule has 21 heavy (non-hydrogen) atoms. The van der Waals surface area contributed by atoms with Crippen LogP contribution in [0.4, 0.5) is 5.95 Å². The van der Waals surface area contributed by atoms with Gasteiger partial charge in [-0.05, 0) is 19.8 Å². The number of sulfonamides is 1. The third-order valence-electron chi connectivity index (χ3n) is 3.13. The summed E-state index contributed by atoms with van der Waals surface area (Å²) in [5, 5.41) is 2.59. The molecule has 1 aliphatic rings. The molecule has 0 saturated heterocycles. The zero-order valence-corrected chi connectivity index (χ0v) is 13.1. The van der Waals surface area contributed by atoms with Crippen molar-refractivity contribution < 1.29 is 17.9 Å². The van der Waals surface area contributed by atoms with E-state index in [2.05, 4.69) is 20.0 Å². The molecule has 0 radical (unpaired) electrons. The van der Waals surface area contributed by atoms with E-state index in [1.165, 1.54) is 20.3 Å². The van der Waals surface area contributed by atoms with Gasteiger partial charge in [-0.25, -0.2) is 8.42 Å². The largest absolute Gasteiger partial charge is 0.481 e. The van der Waals surface area contributed by atoms with Gasteiger partial charge in [-0.1, -0.05) is 0 Å². The number of anilines is 1. The summed E-state index contributed by atoms with van der Waals surface area (Å²) in [7, 11) is -0.714. The van der Waals surface area contributed by atoms with Crippen molar-refractivity contribution in [2.75, 3.05) is 25.5 Å². The summed E-state index contributed by atoms with van der Waals surface area (Å²) < 4.78 is 36.8. The Morgan fingerprint density at radius 1 is 1.29 bits per heavy atom. The SMILES string of the molecule is COc1cc(OC)nc(NS(=O)(=O)C(C)CNC2CC2)n1. The van der Waals surface area contributed by atoms with Crippen molar-refractivity contribution in [3.05, 3.63) is 6.07 Å². The van der Waals surface area contributed by atoms with Gasteiger partial charge in [0.05, 0.1) is 25.5 Å². The van der Waals surface area contributed by atoms with E-state index in [0.29, 0.717) is 12.6 Å². The van der Waals surface area contributed by atoms with Crippen molar-refractivity contribution in [3.63, 3.8) is 0 Å². The first-order valence-electron chi connectivity index (χ1n) is 6.66. The van der Waals surface area contributed by atoms with E-state index in [0.717, 1.165) is 12.8 Å². The molecule has 0 amide bonds. The van der Waals surface area contributed by atoms with E-state index in [-0.39, 0.29) is 17.7 Å². The molecule has 1 aromatic heterocycles. The molecule has 0 spiro atoms. The van der Waals surface area contributed by atoms with Crippen LogP contribution in [-0.4, -0.2) is 50.4 Å². The van der Waals surface area contributed by atoms with Crippen LogP contribution in [0, 0.1) is 0 Å². The molecule has 1 aliphatic carbocycles. The summed E-state index contributed by atoms with van der Waals surface area (Å²) >= 11 is 0. The standard InChI is InChI=1S/C12H20N4O4S/c1-8(7-13-9-4-5-9)21(17,18)16-12-14-10(19-2)6-11(15-12)20-3/h6,8-9,13H,4-5,7H2,1-3H3,(H,14,15,16). The summed E-state index contributed by atoms with van der Waals surface area (Å²) in [5.74, 6) is 0.385. The van der Waals surface area contributed by atoms with E-state index in [9.17, 15) is 8.42 Å². The Balaban J connectivity index is 2.07. The van der Waals surface area contributed by atoms with Gasteiger partial charge in [-0.15, -0.1) is 0 Å². The lowest BCUT2D eigenvalue weighted by molar-refractivity contribution is 0.373. The Morgan fingerprint density at radius 2 is 1.86 bits per heavy atom. The molecule has 1 fully saturated rings. The predicted octanol–water partition coefficient (Wildman–Crippen LogP) is 0.376.